The molecule has 1 rings (SSSR count). The quantitative estimate of drug-likeness (QED) is 0.532. The molecule has 0 saturated heterocycles. The van der Waals surface area contributed by atoms with Crippen LogP contribution in [0.3, 0.4) is 0 Å². The molecule has 8 heteroatoms. The van der Waals surface area contributed by atoms with E-state index in [2.05, 4.69) is 9.84 Å². The van der Waals surface area contributed by atoms with Crippen LogP contribution in [0.2, 0.25) is 0 Å². The summed E-state index contributed by atoms with van der Waals surface area (Å²) in [4.78, 5) is 34.6. The van der Waals surface area contributed by atoms with Crippen molar-refractivity contribution in [2.24, 2.45) is 0 Å². The summed E-state index contributed by atoms with van der Waals surface area (Å²) in [6, 6.07) is 8.47. The molecule has 0 aromatic heterocycles. The number of aliphatic hydroxyl groups is 1. The van der Waals surface area contributed by atoms with Gasteiger partial charge in [-0.1, -0.05) is 30.3 Å². The predicted molar refractivity (Wildman–Crippen MR) is 80.4 cm³/mol. The molecule has 1 amide bonds. The molecule has 0 fully saturated rings. The number of hydrogen-bond donors (Lipinski definition) is 2. The van der Waals surface area contributed by atoms with Crippen LogP contribution in [-0.2, 0) is 23.6 Å². The van der Waals surface area contributed by atoms with Crippen LogP contribution < -0.4 is 5.32 Å². The zero-order valence-corrected chi connectivity index (χ0v) is 13.0. The third-order valence-electron chi connectivity index (χ3n) is 2.67. The summed E-state index contributed by atoms with van der Waals surface area (Å²) in [5, 5.41) is 11.0. The monoisotopic (exact) mass is 327 g/mol. The van der Waals surface area contributed by atoms with E-state index in [4.69, 9.17) is 9.84 Å². The normalized spacial score (nSPS) is 11.4. The Morgan fingerprint density at radius 3 is 2.45 bits per heavy atom. The van der Waals surface area contributed by atoms with Gasteiger partial charge in [0, 0.05) is 18.5 Å². The molecule has 0 heterocycles. The smallest absolute Gasteiger partial charge is 0.354 e. The fourth-order valence-electron chi connectivity index (χ4n) is 1.63. The van der Waals surface area contributed by atoms with E-state index >= 15 is 0 Å². The largest absolute Gasteiger partial charge is 0.449 e. The Hall–Kier alpha value is -1.98. The lowest BCUT2D eigenvalue weighted by molar-refractivity contribution is -0.162. The van der Waals surface area contributed by atoms with Gasteiger partial charge < -0.3 is 19.7 Å². The average molecular weight is 327 g/mol. The van der Waals surface area contributed by atoms with Crippen LogP contribution in [0.5, 0.6) is 0 Å². The molecule has 0 bridgehead atoms. The van der Waals surface area contributed by atoms with Crippen LogP contribution in [0.1, 0.15) is 24.5 Å². The zero-order valence-electron chi connectivity index (χ0n) is 11.9. The molecule has 1 unspecified atom stereocenters. The molecule has 0 spiro atoms. The highest BCUT2D eigenvalue weighted by molar-refractivity contribution is 7.10. The van der Waals surface area contributed by atoms with E-state index in [0.29, 0.717) is 5.56 Å². The second-order valence-corrected chi connectivity index (χ2v) is 4.53. The lowest BCUT2D eigenvalue weighted by Crippen LogP contribution is -2.28. The zero-order chi connectivity index (χ0) is 16.4. The summed E-state index contributed by atoms with van der Waals surface area (Å²) in [6.45, 7) is -0.193. The van der Waals surface area contributed by atoms with E-state index in [-0.39, 0.29) is 31.9 Å². The van der Waals surface area contributed by atoms with Crippen molar-refractivity contribution in [2.45, 2.75) is 18.9 Å². The minimum atomic E-state index is -1.15. The summed E-state index contributed by atoms with van der Waals surface area (Å²) in [5.74, 6) is -1.72. The Balaban J connectivity index is 2.54. The van der Waals surface area contributed by atoms with Gasteiger partial charge in [0.1, 0.15) is 0 Å². The highest BCUT2D eigenvalue weighted by Crippen LogP contribution is 2.20. The standard InChI is InChI=1S/C14H18NO6P/c16-9-7-11(17)15-8-6-12(18)20-13(14(19)21-22)10-4-2-1-3-5-10/h1-5,13,16H,6-9,22H2,(H,15,17)/t13-/m1/s1. The number of carbonyl (C=O) groups is 3. The maximum Gasteiger partial charge on any atom is 0.354 e. The number of benzene rings is 1. The summed E-state index contributed by atoms with van der Waals surface area (Å²) < 4.78 is 9.65. The van der Waals surface area contributed by atoms with Gasteiger partial charge in [-0.3, -0.25) is 9.59 Å². The average Bonchev–Trinajstić information content (AvgIpc) is 2.53. The molecule has 2 atom stereocenters. The summed E-state index contributed by atoms with van der Waals surface area (Å²) in [7, 11) is 1.81. The first-order valence-corrected chi connectivity index (χ1v) is 7.08. The Morgan fingerprint density at radius 2 is 1.86 bits per heavy atom. The molecule has 0 saturated carbocycles. The number of nitrogens with one attached hydrogen (secondary N) is 1. The highest BCUT2D eigenvalue weighted by Gasteiger charge is 2.25. The number of esters is 1. The number of aliphatic hydroxyl groups excluding tert-OH is 1. The first kappa shape index (κ1) is 18.1. The van der Waals surface area contributed by atoms with E-state index in [1.165, 1.54) is 0 Å². The Labute approximate surface area is 130 Å². The molecule has 2 N–H and O–H groups in total. The Kier molecular flexibility index (Phi) is 8.10. The van der Waals surface area contributed by atoms with Crippen LogP contribution in [0.15, 0.2) is 30.3 Å². The SMILES string of the molecule is O=C(CCO)NCCC(=O)O[C@@H](C(=O)OP)c1ccccc1. The molecule has 1 aromatic carbocycles. The van der Waals surface area contributed by atoms with Crippen LogP contribution in [-0.4, -0.2) is 36.1 Å². The van der Waals surface area contributed by atoms with E-state index < -0.39 is 18.0 Å². The number of amides is 1. The van der Waals surface area contributed by atoms with Crippen molar-refractivity contribution in [3.63, 3.8) is 0 Å². The summed E-state index contributed by atoms with van der Waals surface area (Å²) in [6.07, 6.45) is -1.27. The molecule has 0 aliphatic carbocycles. The molecular formula is C14H18NO6P. The molecule has 7 nitrogen and oxygen atoms in total. The van der Waals surface area contributed by atoms with Gasteiger partial charge >= 0.3 is 11.9 Å². The van der Waals surface area contributed by atoms with Crippen molar-refractivity contribution in [1.82, 2.24) is 5.32 Å². The van der Waals surface area contributed by atoms with Crippen molar-refractivity contribution in [3.8, 4) is 0 Å². The maximum absolute atomic E-state index is 11.7. The first-order valence-electron chi connectivity index (χ1n) is 6.61. The number of carbonyl (C=O) groups excluding carboxylic acids is 3. The number of rotatable bonds is 8. The van der Waals surface area contributed by atoms with Crippen molar-refractivity contribution in [3.05, 3.63) is 35.9 Å². The van der Waals surface area contributed by atoms with Crippen LogP contribution >= 0.6 is 9.47 Å². The van der Waals surface area contributed by atoms with Gasteiger partial charge in [-0.05, 0) is 0 Å². The molecule has 0 radical (unpaired) electrons. The van der Waals surface area contributed by atoms with Crippen LogP contribution in [0.4, 0.5) is 0 Å². The van der Waals surface area contributed by atoms with Crippen molar-refractivity contribution >= 4 is 27.3 Å². The van der Waals surface area contributed by atoms with Gasteiger partial charge in [0.2, 0.25) is 12.0 Å². The van der Waals surface area contributed by atoms with Gasteiger partial charge in [0.25, 0.3) is 0 Å². The van der Waals surface area contributed by atoms with Gasteiger partial charge in [-0.25, -0.2) is 4.79 Å². The van der Waals surface area contributed by atoms with Gasteiger partial charge in [-0.15, -0.1) is 0 Å². The molecule has 22 heavy (non-hydrogen) atoms. The predicted octanol–water partition coefficient (Wildman–Crippen LogP) is 0.493. The van der Waals surface area contributed by atoms with Gasteiger partial charge in [-0.2, -0.15) is 0 Å². The number of hydrogen-bond acceptors (Lipinski definition) is 6. The second kappa shape index (κ2) is 9.87. The lowest BCUT2D eigenvalue weighted by Gasteiger charge is -2.16. The van der Waals surface area contributed by atoms with E-state index in [9.17, 15) is 14.4 Å². The Bertz CT molecular complexity index is 507. The second-order valence-electron chi connectivity index (χ2n) is 4.29. The van der Waals surface area contributed by atoms with Crippen molar-refractivity contribution in [1.29, 1.82) is 0 Å². The van der Waals surface area contributed by atoms with E-state index in [0.717, 1.165) is 0 Å². The molecule has 1 aromatic rings. The van der Waals surface area contributed by atoms with Crippen molar-refractivity contribution < 1.29 is 28.8 Å². The van der Waals surface area contributed by atoms with E-state index in [1.807, 2.05) is 9.47 Å². The van der Waals surface area contributed by atoms with E-state index in [1.54, 1.807) is 30.3 Å². The third kappa shape index (κ3) is 6.20. The van der Waals surface area contributed by atoms with Gasteiger partial charge in [0.15, 0.2) is 0 Å². The summed E-state index contributed by atoms with van der Waals surface area (Å²) >= 11 is 0. The maximum atomic E-state index is 11.7. The third-order valence-corrected chi connectivity index (χ3v) is 2.90. The molecule has 0 aliphatic rings. The Morgan fingerprint density at radius 1 is 1.18 bits per heavy atom. The minimum absolute atomic E-state index is 0.0267. The lowest BCUT2D eigenvalue weighted by atomic mass is 10.1. The number of ether oxygens (including phenoxy) is 1. The minimum Gasteiger partial charge on any atom is -0.449 e. The fourth-order valence-corrected chi connectivity index (χ4v) is 1.75. The van der Waals surface area contributed by atoms with Crippen molar-refractivity contribution in [2.75, 3.05) is 13.2 Å². The van der Waals surface area contributed by atoms with Crippen LogP contribution in [0.25, 0.3) is 0 Å². The highest BCUT2D eigenvalue weighted by atomic mass is 31.0. The molecular weight excluding hydrogens is 309 g/mol. The van der Waals surface area contributed by atoms with Gasteiger partial charge in [0.05, 0.1) is 22.5 Å². The molecule has 120 valence electrons. The topological polar surface area (TPSA) is 102 Å². The first-order chi connectivity index (χ1) is 10.6. The molecule has 0 aliphatic heterocycles. The summed E-state index contributed by atoms with van der Waals surface area (Å²) in [5.41, 5.74) is 0.493. The fraction of sp³-hybridized carbons (Fsp3) is 0.357. The van der Waals surface area contributed by atoms with Crippen LogP contribution in [0, 0.1) is 0 Å².